The van der Waals surface area contributed by atoms with E-state index in [1.807, 2.05) is 18.2 Å². The normalized spacial score (nSPS) is 26.6. The van der Waals surface area contributed by atoms with Gasteiger partial charge < -0.3 is 11.1 Å². The second kappa shape index (κ2) is 4.97. The minimum Gasteiger partial charge on any atom is -0.369 e. The van der Waals surface area contributed by atoms with Crippen LogP contribution in [0.25, 0.3) is 0 Å². The average molecular weight is 258 g/mol. The Morgan fingerprint density at radius 2 is 1.89 bits per heavy atom. The van der Waals surface area contributed by atoms with E-state index in [9.17, 15) is 4.79 Å². The molecule has 1 aromatic rings. The van der Waals surface area contributed by atoms with Gasteiger partial charge in [-0.3, -0.25) is 4.79 Å². The predicted molar refractivity (Wildman–Crippen MR) is 75.6 cm³/mol. The molecule has 2 aliphatic rings. The van der Waals surface area contributed by atoms with E-state index in [0.29, 0.717) is 11.8 Å². The summed E-state index contributed by atoms with van der Waals surface area (Å²) in [5.74, 6) is 0.645. The molecule has 2 atom stereocenters. The van der Waals surface area contributed by atoms with Gasteiger partial charge in [-0.2, -0.15) is 0 Å². The van der Waals surface area contributed by atoms with Crippen molar-refractivity contribution in [1.82, 2.24) is 5.32 Å². The molecule has 102 valence electrons. The third-order valence-electron chi connectivity index (χ3n) is 5.11. The Hall–Kier alpha value is -1.35. The second-order valence-electron chi connectivity index (χ2n) is 5.92. The molecule has 1 aromatic carbocycles. The number of hydrogen-bond donors (Lipinski definition) is 2. The molecule has 3 N–H and O–H groups in total. The molecule has 1 aliphatic heterocycles. The van der Waals surface area contributed by atoms with E-state index < -0.39 is 5.41 Å². The van der Waals surface area contributed by atoms with E-state index in [2.05, 4.69) is 17.4 Å². The van der Waals surface area contributed by atoms with Crippen LogP contribution in [-0.2, 0) is 10.2 Å². The van der Waals surface area contributed by atoms with Gasteiger partial charge in [0.05, 0.1) is 5.41 Å². The zero-order chi connectivity index (χ0) is 13.3. The number of nitrogens with one attached hydrogen (secondary N) is 1. The SMILES string of the molecule is NC(=O)C(c1ccccc1)(C1CCC1)C1CCNC1. The molecule has 0 spiro atoms. The van der Waals surface area contributed by atoms with E-state index in [4.69, 9.17) is 5.73 Å². The summed E-state index contributed by atoms with van der Waals surface area (Å²) in [5, 5.41) is 3.40. The molecular weight excluding hydrogens is 236 g/mol. The molecule has 1 saturated carbocycles. The number of carbonyl (C=O) groups excluding carboxylic acids is 1. The molecule has 3 nitrogen and oxygen atoms in total. The van der Waals surface area contributed by atoms with E-state index >= 15 is 0 Å². The highest BCUT2D eigenvalue weighted by Crippen LogP contribution is 2.50. The molecular formula is C16H22N2O. The Kier molecular flexibility index (Phi) is 3.31. The third kappa shape index (κ3) is 1.88. The van der Waals surface area contributed by atoms with Crippen LogP contribution in [0, 0.1) is 11.8 Å². The van der Waals surface area contributed by atoms with Crippen molar-refractivity contribution in [2.75, 3.05) is 13.1 Å². The average Bonchev–Trinajstić information content (AvgIpc) is 2.88. The van der Waals surface area contributed by atoms with Crippen molar-refractivity contribution in [3.05, 3.63) is 35.9 Å². The molecule has 0 aromatic heterocycles. The van der Waals surface area contributed by atoms with Crippen LogP contribution in [0.15, 0.2) is 30.3 Å². The van der Waals surface area contributed by atoms with Crippen molar-refractivity contribution in [2.45, 2.75) is 31.1 Å². The van der Waals surface area contributed by atoms with Crippen LogP contribution in [0.2, 0.25) is 0 Å². The lowest BCUT2D eigenvalue weighted by molar-refractivity contribution is -0.129. The van der Waals surface area contributed by atoms with Crippen molar-refractivity contribution in [3.8, 4) is 0 Å². The van der Waals surface area contributed by atoms with Crippen molar-refractivity contribution >= 4 is 5.91 Å². The van der Waals surface area contributed by atoms with Crippen LogP contribution < -0.4 is 11.1 Å². The van der Waals surface area contributed by atoms with E-state index in [-0.39, 0.29) is 5.91 Å². The largest absolute Gasteiger partial charge is 0.369 e. The molecule has 3 heteroatoms. The molecule has 3 rings (SSSR count). The number of primary amides is 1. The molecule has 0 radical (unpaired) electrons. The van der Waals surface area contributed by atoms with Crippen LogP contribution in [0.1, 0.15) is 31.2 Å². The predicted octanol–water partition coefficient (Wildman–Crippen LogP) is 1.82. The molecule has 1 amide bonds. The van der Waals surface area contributed by atoms with Crippen LogP contribution in [0.3, 0.4) is 0 Å². The maximum atomic E-state index is 12.4. The lowest BCUT2D eigenvalue weighted by Crippen LogP contribution is -2.55. The molecule has 1 aliphatic carbocycles. The maximum absolute atomic E-state index is 12.4. The summed E-state index contributed by atoms with van der Waals surface area (Å²) in [5.41, 5.74) is 6.60. The monoisotopic (exact) mass is 258 g/mol. The summed E-state index contributed by atoms with van der Waals surface area (Å²) in [4.78, 5) is 12.4. The summed E-state index contributed by atoms with van der Waals surface area (Å²) >= 11 is 0. The first kappa shape index (κ1) is 12.7. The van der Waals surface area contributed by atoms with Crippen LogP contribution in [0.4, 0.5) is 0 Å². The van der Waals surface area contributed by atoms with Crippen LogP contribution in [0.5, 0.6) is 0 Å². The Balaban J connectivity index is 2.08. The van der Waals surface area contributed by atoms with Crippen molar-refractivity contribution in [2.24, 2.45) is 17.6 Å². The highest BCUT2D eigenvalue weighted by Gasteiger charge is 2.53. The molecule has 0 bridgehead atoms. The van der Waals surface area contributed by atoms with Gasteiger partial charge in [-0.15, -0.1) is 0 Å². The van der Waals surface area contributed by atoms with Crippen LogP contribution in [-0.4, -0.2) is 19.0 Å². The standard InChI is InChI=1S/C16H22N2O/c17-15(19)16(13-7-4-8-13,14-9-10-18-11-14)12-5-2-1-3-6-12/h1-3,5-6,13-14,18H,4,7-11H2,(H2,17,19). The number of benzene rings is 1. The summed E-state index contributed by atoms with van der Waals surface area (Å²) in [7, 11) is 0. The summed E-state index contributed by atoms with van der Waals surface area (Å²) < 4.78 is 0. The van der Waals surface area contributed by atoms with Gasteiger partial charge >= 0.3 is 0 Å². The summed E-state index contributed by atoms with van der Waals surface area (Å²) in [6.45, 7) is 1.91. The zero-order valence-corrected chi connectivity index (χ0v) is 11.3. The fourth-order valence-corrected chi connectivity index (χ4v) is 3.97. The molecule has 19 heavy (non-hydrogen) atoms. The fourth-order valence-electron chi connectivity index (χ4n) is 3.97. The number of hydrogen-bond acceptors (Lipinski definition) is 2. The van der Waals surface area contributed by atoms with Crippen molar-refractivity contribution in [1.29, 1.82) is 0 Å². The molecule has 2 fully saturated rings. The van der Waals surface area contributed by atoms with E-state index in [0.717, 1.165) is 37.9 Å². The number of amides is 1. The first-order valence-electron chi connectivity index (χ1n) is 7.32. The van der Waals surface area contributed by atoms with Gasteiger partial charge in [0.15, 0.2) is 0 Å². The molecule has 1 heterocycles. The van der Waals surface area contributed by atoms with E-state index in [1.165, 1.54) is 6.42 Å². The third-order valence-corrected chi connectivity index (χ3v) is 5.11. The van der Waals surface area contributed by atoms with Crippen molar-refractivity contribution in [3.63, 3.8) is 0 Å². The van der Waals surface area contributed by atoms with Crippen LogP contribution >= 0.6 is 0 Å². The lowest BCUT2D eigenvalue weighted by Gasteiger charge is -2.47. The lowest BCUT2D eigenvalue weighted by atomic mass is 9.55. The number of carbonyl (C=O) groups is 1. The summed E-state index contributed by atoms with van der Waals surface area (Å²) in [6.07, 6.45) is 4.55. The van der Waals surface area contributed by atoms with Gasteiger partial charge in [-0.25, -0.2) is 0 Å². The number of rotatable bonds is 4. The number of nitrogens with two attached hydrogens (primary N) is 1. The van der Waals surface area contributed by atoms with Gasteiger partial charge in [-0.1, -0.05) is 36.8 Å². The maximum Gasteiger partial charge on any atom is 0.228 e. The van der Waals surface area contributed by atoms with Gasteiger partial charge in [0.25, 0.3) is 0 Å². The topological polar surface area (TPSA) is 55.1 Å². The minimum absolute atomic E-state index is 0.128. The fraction of sp³-hybridized carbons (Fsp3) is 0.562. The van der Waals surface area contributed by atoms with Crippen molar-refractivity contribution < 1.29 is 4.79 Å². The van der Waals surface area contributed by atoms with Gasteiger partial charge in [0, 0.05) is 0 Å². The minimum atomic E-state index is -0.455. The van der Waals surface area contributed by atoms with Gasteiger partial charge in [0.1, 0.15) is 0 Å². The molecule has 2 unspecified atom stereocenters. The Bertz CT molecular complexity index is 449. The Morgan fingerprint density at radius 3 is 2.37 bits per heavy atom. The van der Waals surface area contributed by atoms with Gasteiger partial charge in [0.2, 0.25) is 5.91 Å². The first-order valence-corrected chi connectivity index (χ1v) is 7.32. The first-order chi connectivity index (χ1) is 9.26. The zero-order valence-electron chi connectivity index (χ0n) is 11.3. The Labute approximate surface area is 114 Å². The van der Waals surface area contributed by atoms with E-state index in [1.54, 1.807) is 0 Å². The Morgan fingerprint density at radius 1 is 1.16 bits per heavy atom. The highest BCUT2D eigenvalue weighted by atomic mass is 16.1. The van der Waals surface area contributed by atoms with Gasteiger partial charge in [-0.05, 0) is 49.8 Å². The smallest absolute Gasteiger partial charge is 0.228 e. The summed E-state index contributed by atoms with van der Waals surface area (Å²) in [6, 6.07) is 10.2. The highest BCUT2D eigenvalue weighted by molar-refractivity contribution is 5.88. The quantitative estimate of drug-likeness (QED) is 0.865. The molecule has 1 saturated heterocycles. The second-order valence-corrected chi connectivity index (χ2v) is 5.92.